The van der Waals surface area contributed by atoms with Gasteiger partial charge in [0.05, 0.1) is 31.0 Å². The van der Waals surface area contributed by atoms with Gasteiger partial charge in [0.15, 0.2) is 0 Å². The minimum absolute atomic E-state index is 0.124. The van der Waals surface area contributed by atoms with Crippen molar-refractivity contribution >= 4 is 46.4 Å². The molecule has 1 aliphatic carbocycles. The highest BCUT2D eigenvalue weighted by atomic mass is 16.5. The number of morpholine rings is 1. The van der Waals surface area contributed by atoms with Crippen LogP contribution in [0.2, 0.25) is 0 Å². The van der Waals surface area contributed by atoms with Crippen molar-refractivity contribution in [3.63, 3.8) is 0 Å². The van der Waals surface area contributed by atoms with Crippen LogP contribution in [0.25, 0.3) is 11.3 Å². The Labute approximate surface area is 239 Å². The minimum Gasteiger partial charge on any atom is -0.379 e. The molecule has 1 saturated heterocycles. The van der Waals surface area contributed by atoms with Crippen molar-refractivity contribution in [2.75, 3.05) is 54.5 Å². The molecule has 3 aromatic rings. The lowest BCUT2D eigenvalue weighted by molar-refractivity contribution is -0.120. The molecule has 0 bridgehead atoms. The molecule has 0 spiro atoms. The third-order valence-electron chi connectivity index (χ3n) is 8.36. The molecule has 3 heterocycles. The molecule has 208 valence electrons. The van der Waals surface area contributed by atoms with Gasteiger partial charge in [-0.25, -0.2) is 0 Å². The zero-order valence-electron chi connectivity index (χ0n) is 22.8. The summed E-state index contributed by atoms with van der Waals surface area (Å²) in [5.74, 6) is -0.0490. The Kier molecular flexibility index (Phi) is 6.65. The van der Waals surface area contributed by atoms with Crippen LogP contribution in [0.4, 0.5) is 17.1 Å². The lowest BCUT2D eigenvalue weighted by atomic mass is 9.97. The molecule has 2 amide bonds. The maximum absolute atomic E-state index is 13.6. The fourth-order valence-corrected chi connectivity index (χ4v) is 6.19. The Morgan fingerprint density at radius 3 is 2.56 bits per heavy atom. The lowest BCUT2D eigenvalue weighted by Gasteiger charge is -2.30. The van der Waals surface area contributed by atoms with E-state index in [-0.39, 0.29) is 17.9 Å². The summed E-state index contributed by atoms with van der Waals surface area (Å²) < 4.78 is 5.43. The number of nitrogens with zero attached hydrogens (tertiary/aromatic N) is 3. The maximum Gasteiger partial charge on any atom is 0.258 e. The van der Waals surface area contributed by atoms with Crippen LogP contribution >= 0.6 is 0 Å². The van der Waals surface area contributed by atoms with Gasteiger partial charge in [-0.15, -0.1) is 0 Å². The van der Waals surface area contributed by atoms with Gasteiger partial charge < -0.3 is 19.9 Å². The molecule has 0 radical (unpaired) electrons. The molecule has 3 aromatic carbocycles. The van der Waals surface area contributed by atoms with Crippen LogP contribution < -0.4 is 15.1 Å². The number of hydrogen-bond donors (Lipinski definition) is 1. The normalized spacial score (nSPS) is 19.4. The van der Waals surface area contributed by atoms with Crippen LogP contribution in [0.5, 0.6) is 0 Å². The Morgan fingerprint density at radius 1 is 1.00 bits per heavy atom. The molecule has 7 rings (SSSR count). The molecule has 0 aromatic heterocycles. The molecular formula is C33H32N4O4. The third kappa shape index (κ3) is 4.83. The second-order valence-electron chi connectivity index (χ2n) is 11.1. The Hall–Kier alpha value is -4.27. The van der Waals surface area contributed by atoms with Crippen LogP contribution in [0, 0.1) is 0 Å². The highest BCUT2D eigenvalue weighted by Crippen LogP contribution is 2.46. The predicted octanol–water partition coefficient (Wildman–Crippen LogP) is 4.21. The van der Waals surface area contributed by atoms with E-state index in [0.29, 0.717) is 43.1 Å². The van der Waals surface area contributed by atoms with E-state index in [1.807, 2.05) is 41.3 Å². The average Bonchev–Trinajstić information content (AvgIpc) is 3.66. The number of rotatable bonds is 7. The molecule has 8 heteroatoms. The van der Waals surface area contributed by atoms with E-state index < -0.39 is 0 Å². The second kappa shape index (κ2) is 10.6. The topological polar surface area (TPSA) is 82.2 Å². The van der Waals surface area contributed by atoms with Gasteiger partial charge >= 0.3 is 0 Å². The number of carbonyl (C=O) groups excluding carboxylic acids is 3. The average molecular weight is 549 g/mol. The monoisotopic (exact) mass is 548 g/mol. The van der Waals surface area contributed by atoms with E-state index in [4.69, 9.17) is 4.74 Å². The molecule has 3 aliphatic heterocycles. The number of carbonyl (C=O) groups is 3. The first-order valence-corrected chi connectivity index (χ1v) is 14.3. The van der Waals surface area contributed by atoms with E-state index in [9.17, 15) is 14.4 Å². The van der Waals surface area contributed by atoms with Crippen molar-refractivity contribution in [1.29, 1.82) is 0 Å². The first kappa shape index (κ1) is 25.7. The third-order valence-corrected chi connectivity index (χ3v) is 8.36. The summed E-state index contributed by atoms with van der Waals surface area (Å²) in [7, 11) is 0. The number of fused-ring (bicyclic) bond motifs is 2. The van der Waals surface area contributed by atoms with Gasteiger partial charge in [0.2, 0.25) is 5.91 Å². The number of aldehydes is 1. The number of ether oxygens (including phenoxy) is 1. The zero-order chi connectivity index (χ0) is 27.9. The zero-order valence-corrected chi connectivity index (χ0v) is 22.8. The molecular weight excluding hydrogens is 516 g/mol. The van der Waals surface area contributed by atoms with Gasteiger partial charge in [0.25, 0.3) is 5.91 Å². The molecule has 0 atom stereocenters. The van der Waals surface area contributed by atoms with Crippen molar-refractivity contribution in [2.45, 2.75) is 25.3 Å². The maximum atomic E-state index is 13.6. The van der Waals surface area contributed by atoms with Gasteiger partial charge in [0, 0.05) is 53.9 Å². The Bertz CT molecular complexity index is 1560. The number of amides is 2. The summed E-state index contributed by atoms with van der Waals surface area (Å²) in [6.45, 7) is 3.99. The van der Waals surface area contributed by atoms with Crippen molar-refractivity contribution in [1.82, 2.24) is 4.90 Å². The standard InChI is InChI=1S/C33H32N4O4/c38-21-22-6-10-27-28(18-22)34-33(40)31(27)32(23-4-2-1-3-5-23)37(25-7-8-25)26-9-11-29-24(19-26)12-13-36(29)30(39)20-35-14-16-41-17-15-35/h1-6,9-11,18-19,21,25H,7-8,12-17,20H2,(H,34,40)/b32-31-. The number of benzene rings is 3. The number of hydrogen-bond acceptors (Lipinski definition) is 6. The number of anilines is 3. The summed E-state index contributed by atoms with van der Waals surface area (Å²) >= 11 is 0. The molecule has 1 N–H and O–H groups in total. The van der Waals surface area contributed by atoms with Crippen LogP contribution in [0.15, 0.2) is 66.7 Å². The fraction of sp³-hybridized carbons (Fsp3) is 0.303. The molecule has 0 unspecified atom stereocenters. The first-order valence-electron chi connectivity index (χ1n) is 14.3. The molecule has 2 fully saturated rings. The van der Waals surface area contributed by atoms with Crippen molar-refractivity contribution in [3.8, 4) is 0 Å². The first-order chi connectivity index (χ1) is 20.1. The molecule has 1 saturated carbocycles. The van der Waals surface area contributed by atoms with E-state index in [1.165, 1.54) is 0 Å². The summed E-state index contributed by atoms with van der Waals surface area (Å²) in [5, 5.41) is 2.99. The van der Waals surface area contributed by atoms with Crippen LogP contribution in [-0.2, 0) is 20.7 Å². The van der Waals surface area contributed by atoms with Gasteiger partial charge in [-0.2, -0.15) is 0 Å². The summed E-state index contributed by atoms with van der Waals surface area (Å²) in [6, 6.07) is 22.0. The Balaban J connectivity index is 1.28. The van der Waals surface area contributed by atoms with Crippen LogP contribution in [-0.4, -0.2) is 68.4 Å². The molecule has 8 nitrogen and oxygen atoms in total. The fourth-order valence-electron chi connectivity index (χ4n) is 6.19. The SMILES string of the molecule is O=Cc1ccc2c(c1)NC(=O)/C2=C(/c1ccccc1)N(c1ccc2c(c1)CCN2C(=O)CN1CCOCC1)C1CC1. The van der Waals surface area contributed by atoms with Crippen molar-refractivity contribution in [3.05, 3.63) is 89.0 Å². The van der Waals surface area contributed by atoms with Gasteiger partial charge in [-0.05, 0) is 54.7 Å². The molecule has 41 heavy (non-hydrogen) atoms. The quantitative estimate of drug-likeness (QED) is 0.352. The predicted molar refractivity (Wildman–Crippen MR) is 159 cm³/mol. The lowest BCUT2D eigenvalue weighted by Crippen LogP contribution is -2.44. The second-order valence-corrected chi connectivity index (χ2v) is 11.1. The minimum atomic E-state index is -0.173. The van der Waals surface area contributed by atoms with Gasteiger partial charge in [-0.1, -0.05) is 42.5 Å². The van der Waals surface area contributed by atoms with Crippen LogP contribution in [0.3, 0.4) is 0 Å². The van der Waals surface area contributed by atoms with E-state index in [2.05, 4.69) is 33.3 Å². The largest absolute Gasteiger partial charge is 0.379 e. The van der Waals surface area contributed by atoms with E-state index in [0.717, 1.165) is 72.4 Å². The summed E-state index contributed by atoms with van der Waals surface area (Å²) in [5.41, 5.74) is 7.55. The van der Waals surface area contributed by atoms with Crippen LogP contribution in [0.1, 0.15) is 39.9 Å². The summed E-state index contributed by atoms with van der Waals surface area (Å²) in [4.78, 5) is 44.6. The van der Waals surface area contributed by atoms with Gasteiger partial charge in [0.1, 0.15) is 6.29 Å². The van der Waals surface area contributed by atoms with Crippen molar-refractivity contribution in [2.24, 2.45) is 0 Å². The molecule has 4 aliphatic rings. The van der Waals surface area contributed by atoms with Crippen molar-refractivity contribution < 1.29 is 19.1 Å². The van der Waals surface area contributed by atoms with Gasteiger partial charge in [-0.3, -0.25) is 19.3 Å². The van der Waals surface area contributed by atoms with E-state index in [1.54, 1.807) is 12.1 Å². The number of nitrogens with one attached hydrogen (secondary N) is 1. The highest BCUT2D eigenvalue weighted by Gasteiger charge is 2.38. The van der Waals surface area contributed by atoms with E-state index >= 15 is 0 Å². The highest BCUT2D eigenvalue weighted by molar-refractivity contribution is 6.37. The Morgan fingerprint density at radius 2 is 1.80 bits per heavy atom. The smallest absolute Gasteiger partial charge is 0.258 e. The summed E-state index contributed by atoms with van der Waals surface area (Å²) in [6.07, 6.45) is 3.65.